The molecule has 2 bridgehead atoms. The molecule has 4 heterocycles. The van der Waals surface area contributed by atoms with Crippen molar-refractivity contribution in [2.75, 3.05) is 28.3 Å². The molecule has 12 heteroatoms. The summed E-state index contributed by atoms with van der Waals surface area (Å²) in [6.07, 6.45) is -4.36. The number of ether oxygens (including phenoxy) is 7. The molecular weight excluding hydrogens is 608 g/mol. The zero-order valence-corrected chi connectivity index (χ0v) is 30.8. The van der Waals surface area contributed by atoms with Crippen LogP contribution in [0, 0.1) is 23.7 Å². The van der Waals surface area contributed by atoms with Gasteiger partial charge in [-0.1, -0.05) is 20.8 Å². The Bertz CT molecular complexity index is 1120. The number of esters is 1. The molecule has 16 atom stereocenters. The van der Waals surface area contributed by atoms with E-state index >= 15 is 0 Å². The minimum Gasteiger partial charge on any atom is -0.429 e. The number of nitrogens with one attached hydrogen (secondary N) is 1. The van der Waals surface area contributed by atoms with Crippen molar-refractivity contribution in [3.8, 4) is 0 Å². The summed E-state index contributed by atoms with van der Waals surface area (Å²) < 4.78 is 45.1. The second-order valence-electron chi connectivity index (χ2n) is 15.3. The zero-order valence-electron chi connectivity index (χ0n) is 30.8. The van der Waals surface area contributed by atoms with Crippen molar-refractivity contribution in [2.45, 2.75) is 154 Å². The van der Waals surface area contributed by atoms with Crippen LogP contribution in [0.15, 0.2) is 11.5 Å². The van der Waals surface area contributed by atoms with Crippen molar-refractivity contribution in [1.82, 2.24) is 10.2 Å². The molecule has 0 amide bonds. The van der Waals surface area contributed by atoms with Crippen LogP contribution in [0.25, 0.3) is 0 Å². The highest BCUT2D eigenvalue weighted by Gasteiger charge is 2.56. The summed E-state index contributed by atoms with van der Waals surface area (Å²) in [6.45, 7) is 17.5. The molecule has 0 aromatic rings. The Hall–Kier alpha value is -1.35. The van der Waals surface area contributed by atoms with E-state index in [-0.39, 0.29) is 36.5 Å². The maximum atomic E-state index is 14.1. The first-order valence-corrected chi connectivity index (χ1v) is 17.3. The molecule has 4 rings (SSSR count). The van der Waals surface area contributed by atoms with Crippen LogP contribution in [0.4, 0.5) is 0 Å². The molecular formula is C35H62N2O10. The summed E-state index contributed by atoms with van der Waals surface area (Å²) in [5.74, 6) is -1.29. The van der Waals surface area contributed by atoms with Crippen LogP contribution in [0.2, 0.25) is 0 Å². The van der Waals surface area contributed by atoms with Gasteiger partial charge in [0.1, 0.15) is 18.0 Å². The number of aliphatic hydroxyl groups is 2. The highest BCUT2D eigenvalue weighted by atomic mass is 16.7. The van der Waals surface area contributed by atoms with Gasteiger partial charge in [0.05, 0.1) is 47.6 Å². The number of carbonyl (C=O) groups is 1. The fourth-order valence-electron chi connectivity index (χ4n) is 8.39. The largest absolute Gasteiger partial charge is 0.429 e. The highest BCUT2D eigenvalue weighted by molar-refractivity contribution is 5.74. The van der Waals surface area contributed by atoms with E-state index in [2.05, 4.69) is 12.2 Å². The van der Waals surface area contributed by atoms with Crippen molar-refractivity contribution in [2.24, 2.45) is 23.7 Å². The monoisotopic (exact) mass is 670 g/mol. The lowest BCUT2D eigenvalue weighted by molar-refractivity contribution is -0.318. The quantitative estimate of drug-likeness (QED) is 0.343. The fourth-order valence-corrected chi connectivity index (χ4v) is 8.39. The van der Waals surface area contributed by atoms with Crippen LogP contribution < -0.4 is 5.32 Å². The fraction of sp³-hybridized carbons (Fsp3) is 0.914. The lowest BCUT2D eigenvalue weighted by Gasteiger charge is -2.48. The van der Waals surface area contributed by atoms with Crippen LogP contribution in [0.3, 0.4) is 0 Å². The van der Waals surface area contributed by atoms with Crippen LogP contribution >= 0.6 is 0 Å². The van der Waals surface area contributed by atoms with Gasteiger partial charge < -0.3 is 53.6 Å². The minimum atomic E-state index is -0.932. The van der Waals surface area contributed by atoms with Gasteiger partial charge in [0.2, 0.25) is 0 Å². The van der Waals surface area contributed by atoms with Gasteiger partial charge in [-0.3, -0.25) is 4.79 Å². The third-order valence-electron chi connectivity index (χ3n) is 11.4. The van der Waals surface area contributed by atoms with Gasteiger partial charge >= 0.3 is 5.97 Å². The first-order valence-electron chi connectivity index (χ1n) is 17.3. The maximum Gasteiger partial charge on any atom is 0.316 e. The molecule has 3 N–H and O–H groups in total. The van der Waals surface area contributed by atoms with Gasteiger partial charge in [0.25, 0.3) is 0 Å². The standard InChI is InChI=1S/C35H62N2O10/c1-17-15-35(9)31(46-33-26(38)24(37(11)12)14-18(2)42-33)20(4)28(44-25-16-34(8,41-13)30(39)23(7)43-25)21(5)32(40)45-29(22(6)36-10)19(3)27(17)47-35/h17-21,23-28,30-31,33,36,38-39H,14-16H2,1-13H3/t17?,18?,19-,20-,21+,23?,24?,25-,26?,27?,28-,30-,31+,33-,34?,35+/m0/s1. The number of likely N-dealkylation sites (N-methyl/N-ethyl adjacent to an activating group) is 1. The number of rotatable bonds is 7. The van der Waals surface area contributed by atoms with Gasteiger partial charge in [0.15, 0.2) is 12.6 Å². The van der Waals surface area contributed by atoms with E-state index in [0.29, 0.717) is 18.6 Å². The third kappa shape index (κ3) is 7.71. The predicted molar refractivity (Wildman–Crippen MR) is 175 cm³/mol. The molecule has 7 unspecified atom stereocenters. The number of nitrogens with zero attached hydrogens (tertiary/aromatic N) is 1. The third-order valence-corrected chi connectivity index (χ3v) is 11.4. The number of aliphatic hydroxyl groups excluding tert-OH is 2. The van der Waals surface area contributed by atoms with Crippen molar-refractivity contribution in [3.63, 3.8) is 0 Å². The molecule has 4 aliphatic heterocycles. The second-order valence-corrected chi connectivity index (χ2v) is 15.3. The first-order chi connectivity index (χ1) is 21.9. The number of hydrogen-bond donors (Lipinski definition) is 3. The maximum absolute atomic E-state index is 14.1. The van der Waals surface area contributed by atoms with E-state index in [4.69, 9.17) is 33.2 Å². The van der Waals surface area contributed by atoms with Crippen molar-refractivity contribution in [1.29, 1.82) is 0 Å². The number of cyclic esters (lactones) is 1. The van der Waals surface area contributed by atoms with Crippen LogP contribution in [0.5, 0.6) is 0 Å². The van der Waals surface area contributed by atoms with E-state index in [1.54, 1.807) is 28.0 Å². The van der Waals surface area contributed by atoms with Crippen molar-refractivity contribution < 1.29 is 48.2 Å². The predicted octanol–water partition coefficient (Wildman–Crippen LogP) is 3.18. The smallest absolute Gasteiger partial charge is 0.316 e. The molecule has 0 aliphatic carbocycles. The normalized spacial score (nSPS) is 49.3. The Morgan fingerprint density at radius 2 is 1.66 bits per heavy atom. The summed E-state index contributed by atoms with van der Waals surface area (Å²) in [7, 11) is 7.25. The molecule has 12 nitrogen and oxygen atoms in total. The summed E-state index contributed by atoms with van der Waals surface area (Å²) in [6, 6.07) is -0.167. The molecule has 272 valence electrons. The number of methoxy groups -OCH3 is 1. The Morgan fingerprint density at radius 1 is 1.00 bits per heavy atom. The number of carbonyl (C=O) groups excluding carboxylic acids is 1. The molecule has 47 heavy (non-hydrogen) atoms. The van der Waals surface area contributed by atoms with Crippen LogP contribution in [-0.2, 0) is 38.0 Å². The number of fused-ring (bicyclic) bond motifs is 2. The van der Waals surface area contributed by atoms with Crippen molar-refractivity contribution >= 4 is 5.97 Å². The molecule has 4 saturated heterocycles. The summed E-state index contributed by atoms with van der Waals surface area (Å²) in [5, 5.41) is 25.6. The van der Waals surface area contributed by atoms with E-state index < -0.39 is 72.1 Å². The van der Waals surface area contributed by atoms with Gasteiger partial charge in [-0.15, -0.1) is 0 Å². The van der Waals surface area contributed by atoms with E-state index in [1.165, 1.54) is 0 Å². The van der Waals surface area contributed by atoms with E-state index in [9.17, 15) is 15.0 Å². The molecule has 0 spiro atoms. The Kier molecular flexibility index (Phi) is 12.2. The Labute approximate surface area is 281 Å². The topological polar surface area (TPSA) is 137 Å². The molecule has 0 aromatic carbocycles. The van der Waals surface area contributed by atoms with E-state index in [0.717, 1.165) is 5.70 Å². The summed E-state index contributed by atoms with van der Waals surface area (Å²) >= 11 is 0. The Balaban J connectivity index is 1.81. The highest BCUT2D eigenvalue weighted by Crippen LogP contribution is 2.48. The lowest BCUT2D eigenvalue weighted by atomic mass is 9.78. The van der Waals surface area contributed by atoms with Crippen LogP contribution in [-0.4, -0.2) is 122 Å². The minimum absolute atomic E-state index is 0.0972. The van der Waals surface area contributed by atoms with Gasteiger partial charge in [-0.25, -0.2) is 0 Å². The number of hydrogen-bond acceptors (Lipinski definition) is 12. The van der Waals surface area contributed by atoms with Gasteiger partial charge in [-0.2, -0.15) is 0 Å². The summed E-state index contributed by atoms with van der Waals surface area (Å²) in [5.41, 5.74) is -1.01. The average Bonchev–Trinajstić information content (AvgIpc) is 3.33. The molecule has 0 saturated carbocycles. The molecule has 0 radical (unpaired) electrons. The van der Waals surface area contributed by atoms with Crippen molar-refractivity contribution in [3.05, 3.63) is 11.5 Å². The first kappa shape index (κ1) is 38.5. The number of allylic oxidation sites excluding steroid dienone is 1. The van der Waals surface area contributed by atoms with Crippen LogP contribution in [0.1, 0.15) is 81.6 Å². The molecule has 4 aliphatic rings. The second kappa shape index (κ2) is 14.9. The lowest BCUT2D eigenvalue weighted by Crippen LogP contribution is -2.60. The molecule has 0 aromatic heterocycles. The molecule has 4 fully saturated rings. The van der Waals surface area contributed by atoms with E-state index in [1.807, 2.05) is 60.5 Å². The Morgan fingerprint density at radius 3 is 2.26 bits per heavy atom. The average molecular weight is 671 g/mol. The SMILES string of the molecule is CNC(C)=C1OC(=O)[C@H](C)[C@@H](O[C@H]2CC(C)(OC)[C@@H](O)C(C)O2)[C@H](C)[C@@H](O[C@@H]2OC(C)CC(N(C)C)C2O)[C@@]2(C)CC(C)C(O2)[C@@H]1C. The van der Waals surface area contributed by atoms with Gasteiger partial charge in [0, 0.05) is 44.2 Å². The van der Waals surface area contributed by atoms with Gasteiger partial charge in [-0.05, 0) is 74.4 Å². The zero-order chi connectivity index (χ0) is 35.2. The summed E-state index contributed by atoms with van der Waals surface area (Å²) in [4.78, 5) is 16.1.